The highest BCUT2D eigenvalue weighted by molar-refractivity contribution is 7.80. The van der Waals surface area contributed by atoms with Gasteiger partial charge >= 0.3 is 5.97 Å². The zero-order valence-corrected chi connectivity index (χ0v) is 16.5. The first-order valence-electron chi connectivity index (χ1n) is 8.45. The van der Waals surface area contributed by atoms with Crippen molar-refractivity contribution in [1.82, 2.24) is 5.43 Å². The zero-order valence-electron chi connectivity index (χ0n) is 15.0. The Bertz CT molecular complexity index is 1080. The number of aromatic hydroxyl groups is 1. The Morgan fingerprint density at radius 2 is 1.79 bits per heavy atom. The first-order valence-corrected chi connectivity index (χ1v) is 9.24. The molecule has 0 aromatic heterocycles. The van der Waals surface area contributed by atoms with Crippen molar-refractivity contribution in [3.8, 4) is 16.9 Å². The van der Waals surface area contributed by atoms with Gasteiger partial charge in [-0.2, -0.15) is 5.10 Å². The molecule has 0 atom stereocenters. The van der Waals surface area contributed by atoms with E-state index in [2.05, 4.69) is 15.8 Å². The maximum absolute atomic E-state index is 10.9. The second-order valence-electron chi connectivity index (χ2n) is 5.96. The first-order chi connectivity index (χ1) is 13.9. The van der Waals surface area contributed by atoms with Crippen LogP contribution in [0.5, 0.6) is 5.75 Å². The Morgan fingerprint density at radius 1 is 1.07 bits per heavy atom. The number of hydrogen-bond acceptors (Lipinski definition) is 4. The van der Waals surface area contributed by atoms with Crippen molar-refractivity contribution >= 4 is 46.8 Å². The number of hydrogen-bond donors (Lipinski definition) is 4. The topological polar surface area (TPSA) is 94.0 Å². The van der Waals surface area contributed by atoms with Crippen molar-refractivity contribution in [3.05, 3.63) is 82.9 Å². The number of carboxylic acids is 1. The fourth-order valence-electron chi connectivity index (χ4n) is 2.57. The number of hydrazone groups is 1. The fraction of sp³-hybridized carbons (Fsp3) is 0. The molecule has 3 aromatic rings. The van der Waals surface area contributed by atoms with Crippen molar-refractivity contribution in [2.45, 2.75) is 0 Å². The minimum absolute atomic E-state index is 0.0726. The van der Waals surface area contributed by atoms with Crippen LogP contribution in [0.1, 0.15) is 15.9 Å². The minimum Gasteiger partial charge on any atom is -0.507 e. The number of aromatic carboxylic acids is 1. The summed E-state index contributed by atoms with van der Waals surface area (Å²) in [5.41, 5.74) is 5.39. The van der Waals surface area contributed by atoms with E-state index in [0.717, 1.165) is 5.56 Å². The number of halogens is 1. The number of rotatable bonds is 5. The van der Waals surface area contributed by atoms with Crippen molar-refractivity contribution in [2.24, 2.45) is 5.10 Å². The normalized spacial score (nSPS) is 10.7. The second-order valence-corrected chi connectivity index (χ2v) is 6.81. The summed E-state index contributed by atoms with van der Waals surface area (Å²) < 4.78 is 0. The minimum atomic E-state index is -0.998. The van der Waals surface area contributed by atoms with Crippen LogP contribution in [0.25, 0.3) is 11.1 Å². The molecule has 0 aliphatic rings. The maximum Gasteiger partial charge on any atom is 0.335 e. The van der Waals surface area contributed by atoms with Crippen LogP contribution in [0.2, 0.25) is 5.02 Å². The Kier molecular flexibility index (Phi) is 6.43. The van der Waals surface area contributed by atoms with Gasteiger partial charge in [-0.05, 0) is 60.2 Å². The Hall–Kier alpha value is -3.42. The van der Waals surface area contributed by atoms with Gasteiger partial charge < -0.3 is 15.5 Å². The van der Waals surface area contributed by atoms with Crippen molar-refractivity contribution < 1.29 is 15.0 Å². The number of carbonyl (C=O) groups is 1. The third-order valence-corrected chi connectivity index (χ3v) is 4.39. The third kappa shape index (κ3) is 5.31. The average molecular weight is 426 g/mol. The molecule has 0 saturated heterocycles. The second kappa shape index (κ2) is 9.18. The molecule has 0 aliphatic heterocycles. The van der Waals surface area contributed by atoms with E-state index in [1.807, 2.05) is 12.1 Å². The number of nitrogens with one attached hydrogen (secondary N) is 2. The number of carboxylic acid groups (broad SMARTS) is 1. The number of phenols is 1. The van der Waals surface area contributed by atoms with E-state index in [1.165, 1.54) is 18.3 Å². The monoisotopic (exact) mass is 425 g/mol. The Labute approximate surface area is 177 Å². The van der Waals surface area contributed by atoms with Crippen LogP contribution < -0.4 is 10.7 Å². The molecule has 3 aromatic carbocycles. The van der Waals surface area contributed by atoms with Crippen LogP contribution in [-0.4, -0.2) is 27.5 Å². The standard InChI is InChI=1S/C21H16ClN3O3S/c22-16-5-1-3-14(11-16)18-6-2-4-15(19(18)26)12-23-25-21(29)24-17-9-7-13(8-10-17)20(27)28/h1-12,26H,(H,27,28)(H2,24,25,29)/b23-12+. The summed E-state index contributed by atoms with van der Waals surface area (Å²) >= 11 is 11.2. The van der Waals surface area contributed by atoms with E-state index in [1.54, 1.807) is 42.5 Å². The summed E-state index contributed by atoms with van der Waals surface area (Å²) in [5, 5.41) is 27.2. The van der Waals surface area contributed by atoms with Crippen molar-refractivity contribution in [2.75, 3.05) is 5.32 Å². The molecule has 8 heteroatoms. The number of phenolic OH excluding ortho intramolecular Hbond substituents is 1. The van der Waals surface area contributed by atoms with Crippen LogP contribution in [0, 0.1) is 0 Å². The van der Waals surface area contributed by atoms with Gasteiger partial charge in [0.15, 0.2) is 5.11 Å². The molecule has 3 rings (SSSR count). The summed E-state index contributed by atoms with van der Waals surface area (Å²) in [6, 6.07) is 18.6. The van der Waals surface area contributed by atoms with Gasteiger partial charge in [-0.25, -0.2) is 4.79 Å². The number of nitrogens with zero attached hydrogens (tertiary/aromatic N) is 1. The molecule has 0 heterocycles. The average Bonchev–Trinajstić information content (AvgIpc) is 2.69. The quantitative estimate of drug-likeness (QED) is 0.268. The largest absolute Gasteiger partial charge is 0.507 e. The van der Waals surface area contributed by atoms with E-state index in [0.29, 0.717) is 21.8 Å². The molecule has 0 spiro atoms. The molecule has 0 radical (unpaired) electrons. The number of anilines is 1. The van der Waals surface area contributed by atoms with E-state index >= 15 is 0 Å². The van der Waals surface area contributed by atoms with Gasteiger partial charge in [-0.1, -0.05) is 35.9 Å². The molecule has 29 heavy (non-hydrogen) atoms. The van der Waals surface area contributed by atoms with Crippen LogP contribution in [-0.2, 0) is 0 Å². The highest BCUT2D eigenvalue weighted by Gasteiger charge is 2.08. The van der Waals surface area contributed by atoms with E-state index in [9.17, 15) is 9.90 Å². The van der Waals surface area contributed by atoms with Crippen LogP contribution in [0.3, 0.4) is 0 Å². The number of thiocarbonyl (C=S) groups is 1. The van der Waals surface area contributed by atoms with Gasteiger partial charge in [0.05, 0.1) is 11.8 Å². The highest BCUT2D eigenvalue weighted by atomic mass is 35.5. The molecule has 0 amide bonds. The SMILES string of the molecule is O=C(O)c1ccc(NC(=S)N/N=C/c2cccc(-c3cccc(Cl)c3)c2O)cc1. The molecule has 0 aliphatic carbocycles. The molecular weight excluding hydrogens is 410 g/mol. The van der Waals surface area contributed by atoms with Crippen molar-refractivity contribution in [3.63, 3.8) is 0 Å². The van der Waals surface area contributed by atoms with Crippen molar-refractivity contribution in [1.29, 1.82) is 0 Å². The lowest BCUT2D eigenvalue weighted by atomic mass is 10.0. The van der Waals surface area contributed by atoms with Gasteiger partial charge in [-0.15, -0.1) is 0 Å². The Morgan fingerprint density at radius 3 is 2.48 bits per heavy atom. The highest BCUT2D eigenvalue weighted by Crippen LogP contribution is 2.32. The number of benzene rings is 3. The van der Waals surface area contributed by atoms with Gasteiger partial charge in [-0.3, -0.25) is 5.43 Å². The van der Waals surface area contributed by atoms with Crippen LogP contribution in [0.4, 0.5) is 5.69 Å². The maximum atomic E-state index is 10.9. The van der Waals surface area contributed by atoms with E-state index in [-0.39, 0.29) is 16.4 Å². The van der Waals surface area contributed by atoms with Gasteiger partial charge in [0.2, 0.25) is 0 Å². The van der Waals surface area contributed by atoms with Crippen LogP contribution >= 0.6 is 23.8 Å². The van der Waals surface area contributed by atoms with Crippen LogP contribution in [0.15, 0.2) is 71.8 Å². The van der Waals surface area contributed by atoms with E-state index in [4.69, 9.17) is 28.9 Å². The smallest absolute Gasteiger partial charge is 0.335 e. The summed E-state index contributed by atoms with van der Waals surface area (Å²) in [6.45, 7) is 0. The summed E-state index contributed by atoms with van der Waals surface area (Å²) in [4.78, 5) is 10.9. The summed E-state index contributed by atoms with van der Waals surface area (Å²) in [7, 11) is 0. The lowest BCUT2D eigenvalue weighted by Gasteiger charge is -2.09. The number of para-hydroxylation sites is 1. The van der Waals surface area contributed by atoms with Gasteiger partial charge in [0, 0.05) is 21.8 Å². The first kappa shape index (κ1) is 20.3. The zero-order chi connectivity index (χ0) is 20.8. The molecule has 0 unspecified atom stereocenters. The molecule has 0 saturated carbocycles. The third-order valence-electron chi connectivity index (χ3n) is 3.96. The van der Waals surface area contributed by atoms with E-state index < -0.39 is 5.97 Å². The molecule has 0 bridgehead atoms. The summed E-state index contributed by atoms with van der Waals surface area (Å²) in [5.74, 6) is -0.926. The molecule has 0 fully saturated rings. The molecule has 146 valence electrons. The Balaban J connectivity index is 1.66. The predicted molar refractivity (Wildman–Crippen MR) is 119 cm³/mol. The lowest BCUT2D eigenvalue weighted by molar-refractivity contribution is 0.0697. The predicted octanol–water partition coefficient (Wildman–Crippen LogP) is 4.73. The molecule has 4 N–H and O–H groups in total. The van der Waals surface area contributed by atoms with Gasteiger partial charge in [0.1, 0.15) is 5.75 Å². The lowest BCUT2D eigenvalue weighted by Crippen LogP contribution is -2.23. The van der Waals surface area contributed by atoms with Gasteiger partial charge in [0.25, 0.3) is 0 Å². The molecular formula is C21H16ClN3O3S. The fourth-order valence-corrected chi connectivity index (χ4v) is 2.93. The molecule has 6 nitrogen and oxygen atoms in total. The summed E-state index contributed by atoms with van der Waals surface area (Å²) in [6.07, 6.45) is 1.45.